The Kier molecular flexibility index (Phi) is 3.30. The highest BCUT2D eigenvalue weighted by atomic mass is 16.5. The van der Waals surface area contributed by atoms with Crippen molar-refractivity contribution in [2.45, 2.75) is 26.2 Å². The lowest BCUT2D eigenvalue weighted by molar-refractivity contribution is -0.142. The minimum absolute atomic E-state index is 0.242. The molecule has 0 bridgehead atoms. The SMILES string of the molecule is CC(=O)OCC1CCc2c(c(C=O)c3ccccn23)C1. The van der Waals surface area contributed by atoms with Crippen molar-refractivity contribution >= 4 is 17.8 Å². The normalized spacial score (nSPS) is 17.8. The van der Waals surface area contributed by atoms with Crippen molar-refractivity contribution in [3.8, 4) is 0 Å². The van der Waals surface area contributed by atoms with E-state index in [4.69, 9.17) is 4.74 Å². The van der Waals surface area contributed by atoms with E-state index in [0.29, 0.717) is 12.5 Å². The first-order valence-electron chi connectivity index (χ1n) is 6.90. The Morgan fingerprint density at radius 3 is 3.10 bits per heavy atom. The lowest BCUT2D eigenvalue weighted by atomic mass is 9.86. The molecule has 20 heavy (non-hydrogen) atoms. The van der Waals surface area contributed by atoms with E-state index in [2.05, 4.69) is 4.40 Å². The van der Waals surface area contributed by atoms with Crippen molar-refractivity contribution in [2.75, 3.05) is 6.61 Å². The van der Waals surface area contributed by atoms with Crippen molar-refractivity contribution in [2.24, 2.45) is 5.92 Å². The van der Waals surface area contributed by atoms with Gasteiger partial charge in [0, 0.05) is 24.4 Å². The average Bonchev–Trinajstić information content (AvgIpc) is 2.78. The summed E-state index contributed by atoms with van der Waals surface area (Å²) in [6.07, 6.45) is 5.66. The molecule has 0 fully saturated rings. The Bertz CT molecular complexity index is 672. The van der Waals surface area contributed by atoms with Crippen LogP contribution in [0.4, 0.5) is 0 Å². The second-order valence-electron chi connectivity index (χ2n) is 5.32. The molecule has 4 nitrogen and oxygen atoms in total. The molecule has 3 rings (SSSR count). The van der Waals surface area contributed by atoms with Crippen molar-refractivity contribution in [1.82, 2.24) is 4.40 Å². The van der Waals surface area contributed by atoms with Gasteiger partial charge < -0.3 is 9.14 Å². The van der Waals surface area contributed by atoms with Gasteiger partial charge in [0.25, 0.3) is 0 Å². The molecule has 0 N–H and O–H groups in total. The number of pyridine rings is 1. The average molecular weight is 271 g/mol. The summed E-state index contributed by atoms with van der Waals surface area (Å²) in [7, 11) is 0. The summed E-state index contributed by atoms with van der Waals surface area (Å²) in [5.41, 5.74) is 4.10. The van der Waals surface area contributed by atoms with Gasteiger partial charge in [-0.3, -0.25) is 9.59 Å². The summed E-state index contributed by atoms with van der Waals surface area (Å²) in [5, 5.41) is 0. The summed E-state index contributed by atoms with van der Waals surface area (Å²) < 4.78 is 7.22. The fraction of sp³-hybridized carbons (Fsp3) is 0.375. The number of carbonyl (C=O) groups excluding carboxylic acids is 2. The minimum Gasteiger partial charge on any atom is -0.466 e. The first kappa shape index (κ1) is 12.9. The summed E-state index contributed by atoms with van der Waals surface area (Å²) >= 11 is 0. The number of hydrogen-bond donors (Lipinski definition) is 0. The second-order valence-corrected chi connectivity index (χ2v) is 5.32. The molecule has 0 aliphatic heterocycles. The highest BCUT2D eigenvalue weighted by molar-refractivity contribution is 5.89. The Labute approximate surface area is 117 Å². The number of ether oxygens (including phenoxy) is 1. The van der Waals surface area contributed by atoms with Crippen LogP contribution in [0.2, 0.25) is 0 Å². The third kappa shape index (κ3) is 2.11. The number of nitrogens with zero attached hydrogens (tertiary/aromatic N) is 1. The van der Waals surface area contributed by atoms with Crippen molar-refractivity contribution in [1.29, 1.82) is 0 Å². The van der Waals surface area contributed by atoms with Gasteiger partial charge in [0.1, 0.15) is 0 Å². The molecule has 0 saturated heterocycles. The number of aldehydes is 1. The van der Waals surface area contributed by atoms with Crippen LogP contribution in [-0.2, 0) is 22.4 Å². The van der Waals surface area contributed by atoms with Crippen LogP contribution in [0.15, 0.2) is 24.4 Å². The molecule has 2 aromatic heterocycles. The summed E-state index contributed by atoms with van der Waals surface area (Å²) in [6.45, 7) is 1.87. The quantitative estimate of drug-likeness (QED) is 0.636. The fourth-order valence-corrected chi connectivity index (χ4v) is 3.09. The van der Waals surface area contributed by atoms with Gasteiger partial charge in [-0.1, -0.05) is 6.07 Å². The van der Waals surface area contributed by atoms with Gasteiger partial charge in [0.2, 0.25) is 0 Å². The molecule has 0 amide bonds. The van der Waals surface area contributed by atoms with Gasteiger partial charge in [0.15, 0.2) is 6.29 Å². The number of esters is 1. The molecule has 0 spiro atoms. The van der Waals surface area contributed by atoms with E-state index in [-0.39, 0.29) is 5.97 Å². The highest BCUT2D eigenvalue weighted by Gasteiger charge is 2.26. The zero-order valence-corrected chi connectivity index (χ0v) is 11.5. The third-order valence-corrected chi connectivity index (χ3v) is 4.02. The molecule has 0 radical (unpaired) electrons. The largest absolute Gasteiger partial charge is 0.466 e. The lowest BCUT2D eigenvalue weighted by Gasteiger charge is -2.22. The molecular weight excluding hydrogens is 254 g/mol. The molecule has 4 heteroatoms. The fourth-order valence-electron chi connectivity index (χ4n) is 3.09. The van der Waals surface area contributed by atoms with Crippen LogP contribution in [0.5, 0.6) is 0 Å². The highest BCUT2D eigenvalue weighted by Crippen LogP contribution is 2.32. The number of aryl methyl sites for hydroxylation is 1. The molecule has 2 heterocycles. The standard InChI is InChI=1S/C16H17NO3/c1-11(19)20-10-12-5-6-16-13(8-12)14(9-18)15-4-2-3-7-17(15)16/h2-4,7,9,12H,5-6,8,10H2,1H3. The van der Waals surface area contributed by atoms with E-state index in [1.165, 1.54) is 12.6 Å². The van der Waals surface area contributed by atoms with Crippen LogP contribution in [0.3, 0.4) is 0 Å². The van der Waals surface area contributed by atoms with Crippen molar-refractivity contribution in [3.63, 3.8) is 0 Å². The smallest absolute Gasteiger partial charge is 0.302 e. The van der Waals surface area contributed by atoms with Crippen LogP contribution < -0.4 is 0 Å². The number of rotatable bonds is 3. The van der Waals surface area contributed by atoms with E-state index >= 15 is 0 Å². The Morgan fingerprint density at radius 1 is 1.50 bits per heavy atom. The Balaban J connectivity index is 1.96. The molecule has 1 aliphatic rings. The summed E-state index contributed by atoms with van der Waals surface area (Å²) in [6, 6.07) is 5.90. The van der Waals surface area contributed by atoms with Crippen molar-refractivity contribution in [3.05, 3.63) is 41.2 Å². The maximum atomic E-state index is 11.4. The monoisotopic (exact) mass is 271 g/mol. The Morgan fingerprint density at radius 2 is 2.35 bits per heavy atom. The van der Waals surface area contributed by atoms with Gasteiger partial charge in [-0.05, 0) is 42.9 Å². The van der Waals surface area contributed by atoms with E-state index in [1.807, 2.05) is 24.4 Å². The molecule has 2 aromatic rings. The van der Waals surface area contributed by atoms with Crippen LogP contribution in [0.25, 0.3) is 5.52 Å². The third-order valence-electron chi connectivity index (χ3n) is 4.02. The number of fused-ring (bicyclic) bond motifs is 3. The summed E-state index contributed by atoms with van der Waals surface area (Å²) in [5.74, 6) is 0.0657. The van der Waals surface area contributed by atoms with Crippen molar-refractivity contribution < 1.29 is 14.3 Å². The zero-order chi connectivity index (χ0) is 14.1. The maximum absolute atomic E-state index is 11.4. The van der Waals surface area contributed by atoms with Crippen LogP contribution >= 0.6 is 0 Å². The van der Waals surface area contributed by atoms with Gasteiger partial charge >= 0.3 is 5.97 Å². The molecular formula is C16H17NO3. The van der Waals surface area contributed by atoms with Gasteiger partial charge in [-0.2, -0.15) is 0 Å². The van der Waals surface area contributed by atoms with Crippen LogP contribution in [-0.4, -0.2) is 23.3 Å². The van der Waals surface area contributed by atoms with E-state index < -0.39 is 0 Å². The van der Waals surface area contributed by atoms with Gasteiger partial charge in [-0.25, -0.2) is 0 Å². The van der Waals surface area contributed by atoms with E-state index in [9.17, 15) is 9.59 Å². The molecule has 1 unspecified atom stereocenters. The van der Waals surface area contributed by atoms with E-state index in [0.717, 1.165) is 42.2 Å². The van der Waals surface area contributed by atoms with Gasteiger partial charge in [-0.15, -0.1) is 0 Å². The van der Waals surface area contributed by atoms with Gasteiger partial charge in [0.05, 0.1) is 12.1 Å². The number of aromatic nitrogens is 1. The molecule has 104 valence electrons. The first-order chi connectivity index (χ1) is 9.70. The molecule has 0 saturated carbocycles. The number of hydrogen-bond acceptors (Lipinski definition) is 3. The Hall–Kier alpha value is -2.10. The van der Waals surface area contributed by atoms with Crippen LogP contribution in [0.1, 0.15) is 35.0 Å². The minimum atomic E-state index is -0.242. The predicted molar refractivity (Wildman–Crippen MR) is 74.9 cm³/mol. The van der Waals surface area contributed by atoms with E-state index in [1.54, 1.807) is 0 Å². The molecule has 0 aromatic carbocycles. The second kappa shape index (κ2) is 5.12. The predicted octanol–water partition coefficient (Wildman–Crippen LogP) is 2.42. The topological polar surface area (TPSA) is 47.8 Å². The lowest BCUT2D eigenvalue weighted by Crippen LogP contribution is -2.21. The number of carbonyl (C=O) groups is 2. The summed E-state index contributed by atoms with van der Waals surface area (Å²) in [4.78, 5) is 22.3. The van der Waals surface area contributed by atoms with Crippen LogP contribution in [0, 0.1) is 5.92 Å². The first-order valence-corrected chi connectivity index (χ1v) is 6.90. The zero-order valence-electron chi connectivity index (χ0n) is 11.5. The molecule has 1 atom stereocenters. The maximum Gasteiger partial charge on any atom is 0.302 e. The molecule has 1 aliphatic carbocycles.